The molecule has 0 radical (unpaired) electrons. The zero-order chi connectivity index (χ0) is 11.6. The van der Waals surface area contributed by atoms with Crippen molar-refractivity contribution in [3.63, 3.8) is 0 Å². The van der Waals surface area contributed by atoms with Crippen LogP contribution in [-0.2, 0) is 9.59 Å². The first-order chi connectivity index (χ1) is 6.41. The summed E-state index contributed by atoms with van der Waals surface area (Å²) in [6.07, 6.45) is 1.89. The molecule has 0 rings (SSSR count). The maximum atomic E-state index is 9.89. The quantitative estimate of drug-likeness (QED) is 0.646. The van der Waals surface area contributed by atoms with E-state index < -0.39 is 5.60 Å². The van der Waals surface area contributed by atoms with Gasteiger partial charge in [-0.05, 0) is 26.7 Å². The molecule has 2 N–H and O–H groups in total. The number of carbonyl (C=O) groups is 2. The maximum absolute atomic E-state index is 9.89. The minimum atomic E-state index is -1.04. The number of Topliss-reactive ketones (excluding diaryl/α,β-unsaturated/α-hetero) is 1. The fourth-order valence-corrected chi connectivity index (χ4v) is 0.695. The third-order valence-electron chi connectivity index (χ3n) is 1.68. The third kappa shape index (κ3) is 11.3. The zero-order valence-electron chi connectivity index (χ0n) is 9.12. The number of carbonyl (C=O) groups excluding carboxylic acids is 2. The van der Waals surface area contributed by atoms with E-state index in [0.29, 0.717) is 19.3 Å². The summed E-state index contributed by atoms with van der Waals surface area (Å²) in [5, 5.41) is 18.0. The summed E-state index contributed by atoms with van der Waals surface area (Å²) in [5.74, 6) is 0.167. The molecule has 4 heteroatoms. The molecular formula is C10H20O4. The molecule has 1 unspecified atom stereocenters. The van der Waals surface area contributed by atoms with Gasteiger partial charge in [0.25, 0.3) is 0 Å². The van der Waals surface area contributed by atoms with Gasteiger partial charge in [0.15, 0.2) is 0 Å². The molecule has 1 atom stereocenters. The highest BCUT2D eigenvalue weighted by atomic mass is 16.3. The number of aldehydes is 1. The smallest absolute Gasteiger partial charge is 0.126 e. The first kappa shape index (κ1) is 15.7. The molecule has 0 aromatic heterocycles. The van der Waals surface area contributed by atoms with E-state index in [1.165, 1.54) is 13.8 Å². The van der Waals surface area contributed by atoms with Crippen LogP contribution in [0.25, 0.3) is 0 Å². The SMILES string of the molecule is CC(C)=O.CCC(O)(CO)CCC=O. The minimum absolute atomic E-state index is 0.167. The van der Waals surface area contributed by atoms with Crippen molar-refractivity contribution in [2.24, 2.45) is 0 Å². The fraction of sp³-hybridized carbons (Fsp3) is 0.800. The molecule has 0 saturated heterocycles. The van der Waals surface area contributed by atoms with Gasteiger partial charge >= 0.3 is 0 Å². The highest BCUT2D eigenvalue weighted by Gasteiger charge is 2.22. The van der Waals surface area contributed by atoms with Crippen LogP contribution in [0.1, 0.15) is 40.0 Å². The van der Waals surface area contributed by atoms with Gasteiger partial charge in [-0.1, -0.05) is 6.92 Å². The van der Waals surface area contributed by atoms with Gasteiger partial charge in [-0.15, -0.1) is 0 Å². The van der Waals surface area contributed by atoms with Crippen molar-refractivity contribution >= 4 is 12.1 Å². The molecule has 0 aliphatic carbocycles. The topological polar surface area (TPSA) is 74.6 Å². The lowest BCUT2D eigenvalue weighted by molar-refractivity contribution is -0.115. The van der Waals surface area contributed by atoms with Crippen molar-refractivity contribution in [1.82, 2.24) is 0 Å². The normalized spacial score (nSPS) is 13.5. The lowest BCUT2D eigenvalue weighted by Crippen LogP contribution is -2.32. The molecule has 4 nitrogen and oxygen atoms in total. The van der Waals surface area contributed by atoms with Crippen molar-refractivity contribution in [2.75, 3.05) is 6.61 Å². The Morgan fingerprint density at radius 3 is 2.07 bits per heavy atom. The first-order valence-electron chi connectivity index (χ1n) is 4.66. The highest BCUT2D eigenvalue weighted by molar-refractivity contribution is 5.72. The lowest BCUT2D eigenvalue weighted by Gasteiger charge is -2.22. The predicted molar refractivity (Wildman–Crippen MR) is 54.0 cm³/mol. The third-order valence-corrected chi connectivity index (χ3v) is 1.68. The Morgan fingerprint density at radius 1 is 1.43 bits per heavy atom. The van der Waals surface area contributed by atoms with Crippen molar-refractivity contribution in [1.29, 1.82) is 0 Å². The van der Waals surface area contributed by atoms with Crippen molar-refractivity contribution in [3.8, 4) is 0 Å². The van der Waals surface area contributed by atoms with Crippen molar-refractivity contribution in [3.05, 3.63) is 0 Å². The molecule has 0 aliphatic heterocycles. The second-order valence-electron chi connectivity index (χ2n) is 3.35. The molecule has 0 spiro atoms. The van der Waals surface area contributed by atoms with Gasteiger partial charge in [0.1, 0.15) is 12.1 Å². The number of hydrogen-bond donors (Lipinski definition) is 2. The Bertz CT molecular complexity index is 158. The molecule has 0 bridgehead atoms. The molecule has 14 heavy (non-hydrogen) atoms. The summed E-state index contributed by atoms with van der Waals surface area (Å²) in [5.41, 5.74) is -1.04. The van der Waals surface area contributed by atoms with Gasteiger partial charge in [-0.25, -0.2) is 0 Å². The Hall–Kier alpha value is -0.740. The summed E-state index contributed by atoms with van der Waals surface area (Å²) < 4.78 is 0. The largest absolute Gasteiger partial charge is 0.393 e. The van der Waals surface area contributed by atoms with Gasteiger partial charge in [-0.3, -0.25) is 0 Å². The van der Waals surface area contributed by atoms with Crippen LogP contribution >= 0.6 is 0 Å². The predicted octanol–water partition coefficient (Wildman–Crippen LogP) is 0.694. The molecular weight excluding hydrogens is 184 g/mol. The van der Waals surface area contributed by atoms with E-state index in [0.717, 1.165) is 6.29 Å². The molecule has 0 amide bonds. The highest BCUT2D eigenvalue weighted by Crippen LogP contribution is 2.14. The van der Waals surface area contributed by atoms with Crippen LogP contribution in [0.5, 0.6) is 0 Å². The Balaban J connectivity index is 0. The van der Waals surface area contributed by atoms with Crippen LogP contribution in [0.4, 0.5) is 0 Å². The van der Waals surface area contributed by atoms with Crippen molar-refractivity contribution in [2.45, 2.75) is 45.6 Å². The number of aliphatic hydroxyl groups excluding tert-OH is 1. The molecule has 0 fully saturated rings. The van der Waals surface area contributed by atoms with E-state index in [9.17, 15) is 14.7 Å². The first-order valence-corrected chi connectivity index (χ1v) is 4.66. The van der Waals surface area contributed by atoms with Crippen LogP contribution in [0, 0.1) is 0 Å². The number of aliphatic hydroxyl groups is 2. The van der Waals surface area contributed by atoms with Crippen LogP contribution in [-0.4, -0.2) is 34.5 Å². The molecule has 0 aromatic carbocycles. The van der Waals surface area contributed by atoms with E-state index in [1.54, 1.807) is 6.92 Å². The molecule has 0 aromatic rings. The van der Waals surface area contributed by atoms with E-state index in [4.69, 9.17) is 5.11 Å². The van der Waals surface area contributed by atoms with Crippen LogP contribution in [0.15, 0.2) is 0 Å². The van der Waals surface area contributed by atoms with Crippen LogP contribution in [0.3, 0.4) is 0 Å². The number of ketones is 1. The van der Waals surface area contributed by atoms with Gasteiger partial charge in [0, 0.05) is 6.42 Å². The molecule has 84 valence electrons. The molecule has 0 aliphatic rings. The minimum Gasteiger partial charge on any atom is -0.393 e. The van der Waals surface area contributed by atoms with E-state index >= 15 is 0 Å². The average molecular weight is 204 g/mol. The summed E-state index contributed by atoms with van der Waals surface area (Å²) in [6, 6.07) is 0. The lowest BCUT2D eigenvalue weighted by atomic mass is 9.96. The molecule has 0 heterocycles. The summed E-state index contributed by atoms with van der Waals surface area (Å²) in [6.45, 7) is 4.57. The van der Waals surface area contributed by atoms with Crippen molar-refractivity contribution < 1.29 is 19.8 Å². The number of rotatable bonds is 5. The van der Waals surface area contributed by atoms with E-state index in [1.807, 2.05) is 0 Å². The van der Waals surface area contributed by atoms with E-state index in [-0.39, 0.29) is 12.4 Å². The van der Waals surface area contributed by atoms with Crippen LogP contribution in [0.2, 0.25) is 0 Å². The Labute approximate surface area is 84.9 Å². The van der Waals surface area contributed by atoms with Gasteiger partial charge in [-0.2, -0.15) is 0 Å². The maximum Gasteiger partial charge on any atom is 0.126 e. The van der Waals surface area contributed by atoms with Crippen LogP contribution < -0.4 is 0 Å². The molecule has 0 saturated carbocycles. The monoisotopic (exact) mass is 204 g/mol. The summed E-state index contributed by atoms with van der Waals surface area (Å²) >= 11 is 0. The Morgan fingerprint density at radius 2 is 1.86 bits per heavy atom. The summed E-state index contributed by atoms with van der Waals surface area (Å²) in [7, 11) is 0. The standard InChI is InChI=1S/C7H14O3.C3H6O/c1-2-7(10,6-9)4-3-5-8;1-3(2)4/h5,9-10H,2-4,6H2,1H3;1-2H3. The average Bonchev–Trinajstić information content (AvgIpc) is 2.13. The second kappa shape index (κ2) is 8.84. The van der Waals surface area contributed by atoms with Gasteiger partial charge in [0.05, 0.1) is 12.2 Å². The fourth-order valence-electron chi connectivity index (χ4n) is 0.695. The summed E-state index contributed by atoms with van der Waals surface area (Å²) in [4.78, 5) is 19.3. The van der Waals surface area contributed by atoms with Gasteiger partial charge < -0.3 is 19.8 Å². The Kier molecular flexibility index (Phi) is 9.93. The second-order valence-corrected chi connectivity index (χ2v) is 3.35. The van der Waals surface area contributed by atoms with Gasteiger partial charge in [0.2, 0.25) is 0 Å². The number of hydrogen-bond acceptors (Lipinski definition) is 4. The van der Waals surface area contributed by atoms with E-state index in [2.05, 4.69) is 0 Å². The zero-order valence-corrected chi connectivity index (χ0v) is 9.12.